The highest BCUT2D eigenvalue weighted by atomic mass is 32.2. The van der Waals surface area contributed by atoms with Gasteiger partial charge in [-0.05, 0) is 5.92 Å². The molecule has 0 aromatic heterocycles. The van der Waals surface area contributed by atoms with Crippen LogP contribution in [0.4, 0.5) is 0 Å². The van der Waals surface area contributed by atoms with Crippen LogP contribution in [-0.2, 0) is 29.1 Å². The molecule has 0 amide bonds. The van der Waals surface area contributed by atoms with Gasteiger partial charge < -0.3 is 9.47 Å². The highest BCUT2D eigenvalue weighted by Gasteiger charge is 2.40. The third kappa shape index (κ3) is 3.90. The maximum Gasteiger partial charge on any atom is 0.310 e. The molecule has 0 spiro atoms. The first-order valence-electron chi connectivity index (χ1n) is 5.94. The second-order valence-electron chi connectivity index (χ2n) is 4.57. The molecule has 0 saturated carbocycles. The predicted octanol–water partition coefficient (Wildman–Crippen LogP) is -0.380. The summed E-state index contributed by atoms with van der Waals surface area (Å²) < 4.78 is 34.3. The Labute approximate surface area is 112 Å². The standard InChI is InChI=1S/C11H19NO6S/c1-8-6-12(7-9(8)11(14)18-3)19(15,16)5-4-10(13)17-2/h8-9H,4-7H2,1-3H3. The second kappa shape index (κ2) is 6.33. The average Bonchev–Trinajstić information content (AvgIpc) is 2.78. The zero-order valence-corrected chi connectivity index (χ0v) is 12.1. The molecule has 1 heterocycles. The van der Waals surface area contributed by atoms with Gasteiger partial charge in [0, 0.05) is 13.1 Å². The Bertz CT molecular complexity index is 446. The van der Waals surface area contributed by atoms with Crippen LogP contribution >= 0.6 is 0 Å². The molecular weight excluding hydrogens is 274 g/mol. The lowest BCUT2D eigenvalue weighted by Crippen LogP contribution is -2.33. The number of hydrogen-bond donors (Lipinski definition) is 0. The van der Waals surface area contributed by atoms with Gasteiger partial charge in [-0.1, -0.05) is 6.92 Å². The Morgan fingerprint density at radius 2 is 1.84 bits per heavy atom. The summed E-state index contributed by atoms with van der Waals surface area (Å²) in [5.74, 6) is -1.82. The third-order valence-corrected chi connectivity index (χ3v) is 5.07. The molecule has 19 heavy (non-hydrogen) atoms. The smallest absolute Gasteiger partial charge is 0.310 e. The topological polar surface area (TPSA) is 90.0 Å². The van der Waals surface area contributed by atoms with Gasteiger partial charge in [0.25, 0.3) is 0 Å². The molecule has 1 fully saturated rings. The van der Waals surface area contributed by atoms with E-state index in [9.17, 15) is 18.0 Å². The maximum atomic E-state index is 12.0. The molecule has 0 N–H and O–H groups in total. The van der Waals surface area contributed by atoms with E-state index in [1.807, 2.05) is 0 Å². The molecule has 2 unspecified atom stereocenters. The van der Waals surface area contributed by atoms with Gasteiger partial charge in [0.15, 0.2) is 0 Å². The van der Waals surface area contributed by atoms with Crippen LogP contribution in [0.1, 0.15) is 13.3 Å². The van der Waals surface area contributed by atoms with Crippen molar-refractivity contribution in [3.8, 4) is 0 Å². The molecule has 0 aromatic carbocycles. The molecule has 110 valence electrons. The van der Waals surface area contributed by atoms with E-state index < -0.39 is 27.9 Å². The van der Waals surface area contributed by atoms with Crippen LogP contribution in [0.5, 0.6) is 0 Å². The number of hydrogen-bond acceptors (Lipinski definition) is 6. The zero-order valence-electron chi connectivity index (χ0n) is 11.3. The molecule has 0 radical (unpaired) electrons. The summed E-state index contributed by atoms with van der Waals surface area (Å²) in [5, 5.41) is 0. The fourth-order valence-corrected chi connectivity index (χ4v) is 3.58. The molecule has 1 aliphatic rings. The number of rotatable bonds is 5. The first kappa shape index (κ1) is 15.9. The van der Waals surface area contributed by atoms with Crippen LogP contribution in [0.15, 0.2) is 0 Å². The van der Waals surface area contributed by atoms with Crippen LogP contribution in [0.3, 0.4) is 0 Å². The molecule has 0 aliphatic carbocycles. The molecule has 7 nitrogen and oxygen atoms in total. The van der Waals surface area contributed by atoms with E-state index in [-0.39, 0.29) is 31.2 Å². The number of sulfonamides is 1. The lowest BCUT2D eigenvalue weighted by molar-refractivity contribution is -0.146. The molecule has 1 rings (SSSR count). The molecule has 8 heteroatoms. The summed E-state index contributed by atoms with van der Waals surface area (Å²) in [6.07, 6.45) is -0.188. The van der Waals surface area contributed by atoms with Crippen molar-refractivity contribution in [2.75, 3.05) is 33.1 Å². The van der Waals surface area contributed by atoms with Gasteiger partial charge in [0.2, 0.25) is 10.0 Å². The monoisotopic (exact) mass is 293 g/mol. The Hall–Kier alpha value is -1.15. The normalized spacial score (nSPS) is 24.2. The number of carbonyl (C=O) groups is 2. The molecule has 0 aromatic rings. The van der Waals surface area contributed by atoms with Crippen LogP contribution in [0.25, 0.3) is 0 Å². The summed E-state index contributed by atoms with van der Waals surface area (Å²) in [4.78, 5) is 22.5. The Balaban J connectivity index is 2.66. The van der Waals surface area contributed by atoms with Gasteiger partial charge in [0.05, 0.1) is 32.3 Å². The number of esters is 2. The Kier molecular flexibility index (Phi) is 5.30. The fourth-order valence-electron chi connectivity index (χ4n) is 2.05. The first-order chi connectivity index (χ1) is 8.81. The molecule has 0 bridgehead atoms. The van der Waals surface area contributed by atoms with Crippen molar-refractivity contribution in [3.05, 3.63) is 0 Å². The largest absolute Gasteiger partial charge is 0.469 e. The quantitative estimate of drug-likeness (QED) is 0.642. The predicted molar refractivity (Wildman–Crippen MR) is 66.7 cm³/mol. The van der Waals surface area contributed by atoms with Crippen LogP contribution in [0.2, 0.25) is 0 Å². The van der Waals surface area contributed by atoms with E-state index in [2.05, 4.69) is 9.47 Å². The van der Waals surface area contributed by atoms with Gasteiger partial charge >= 0.3 is 11.9 Å². The average molecular weight is 293 g/mol. The molecule has 1 saturated heterocycles. The van der Waals surface area contributed by atoms with E-state index in [4.69, 9.17) is 0 Å². The Morgan fingerprint density at radius 3 is 2.37 bits per heavy atom. The molecule has 2 atom stereocenters. The lowest BCUT2D eigenvalue weighted by atomic mass is 9.99. The second-order valence-corrected chi connectivity index (χ2v) is 6.65. The minimum Gasteiger partial charge on any atom is -0.469 e. The number of nitrogens with zero attached hydrogens (tertiary/aromatic N) is 1. The fraction of sp³-hybridized carbons (Fsp3) is 0.818. The van der Waals surface area contributed by atoms with Crippen LogP contribution in [0, 0.1) is 11.8 Å². The van der Waals surface area contributed by atoms with Crippen molar-refractivity contribution in [1.29, 1.82) is 0 Å². The van der Waals surface area contributed by atoms with Crippen LogP contribution < -0.4 is 0 Å². The highest BCUT2D eigenvalue weighted by Crippen LogP contribution is 2.26. The van der Waals surface area contributed by atoms with Crippen molar-refractivity contribution in [1.82, 2.24) is 4.31 Å². The number of methoxy groups -OCH3 is 2. The van der Waals surface area contributed by atoms with Crippen LogP contribution in [-0.4, -0.2) is 57.7 Å². The third-order valence-electron chi connectivity index (χ3n) is 3.27. The molecular formula is C11H19NO6S. The summed E-state index contributed by atoms with van der Waals surface area (Å²) in [6.45, 7) is 2.18. The van der Waals surface area contributed by atoms with Gasteiger partial charge in [-0.2, -0.15) is 0 Å². The summed E-state index contributed by atoms with van der Waals surface area (Å²) in [6, 6.07) is 0. The van der Waals surface area contributed by atoms with Gasteiger partial charge in [-0.15, -0.1) is 0 Å². The minimum absolute atomic E-state index is 0.0969. The van der Waals surface area contributed by atoms with E-state index in [0.29, 0.717) is 0 Å². The van der Waals surface area contributed by atoms with Crippen molar-refractivity contribution in [2.24, 2.45) is 11.8 Å². The Morgan fingerprint density at radius 1 is 1.21 bits per heavy atom. The SMILES string of the molecule is COC(=O)CCS(=O)(=O)N1CC(C)C(C(=O)OC)C1. The lowest BCUT2D eigenvalue weighted by Gasteiger charge is -2.15. The van der Waals surface area contributed by atoms with E-state index in [1.165, 1.54) is 18.5 Å². The molecule has 1 aliphatic heterocycles. The van der Waals surface area contributed by atoms with Crippen molar-refractivity contribution >= 4 is 22.0 Å². The maximum absolute atomic E-state index is 12.0. The van der Waals surface area contributed by atoms with Gasteiger partial charge in [-0.3, -0.25) is 9.59 Å². The summed E-state index contributed by atoms with van der Waals surface area (Å²) in [7, 11) is -1.06. The van der Waals surface area contributed by atoms with Crippen molar-refractivity contribution in [2.45, 2.75) is 13.3 Å². The van der Waals surface area contributed by atoms with Gasteiger partial charge in [-0.25, -0.2) is 12.7 Å². The summed E-state index contributed by atoms with van der Waals surface area (Å²) in [5.41, 5.74) is 0. The minimum atomic E-state index is -3.55. The number of carbonyl (C=O) groups excluding carboxylic acids is 2. The highest BCUT2D eigenvalue weighted by molar-refractivity contribution is 7.89. The first-order valence-corrected chi connectivity index (χ1v) is 7.55. The number of ether oxygens (including phenoxy) is 2. The zero-order chi connectivity index (χ0) is 14.6. The van der Waals surface area contributed by atoms with E-state index in [1.54, 1.807) is 6.92 Å². The van der Waals surface area contributed by atoms with Crippen molar-refractivity contribution in [3.63, 3.8) is 0 Å². The van der Waals surface area contributed by atoms with Crippen molar-refractivity contribution < 1.29 is 27.5 Å². The van der Waals surface area contributed by atoms with E-state index >= 15 is 0 Å². The van der Waals surface area contributed by atoms with Gasteiger partial charge in [0.1, 0.15) is 0 Å². The van der Waals surface area contributed by atoms with E-state index in [0.717, 1.165) is 0 Å². The summed E-state index contributed by atoms with van der Waals surface area (Å²) >= 11 is 0.